The number of methoxy groups -OCH3 is 1. The molecule has 0 saturated heterocycles. The van der Waals surface area contributed by atoms with Gasteiger partial charge in [0, 0.05) is 17.3 Å². The molecule has 1 N–H and O–H groups in total. The summed E-state index contributed by atoms with van der Waals surface area (Å²) in [4.78, 5) is 26.1. The fourth-order valence-electron chi connectivity index (χ4n) is 2.59. The molecule has 2 amide bonds. The summed E-state index contributed by atoms with van der Waals surface area (Å²) in [6.45, 7) is 4.26. The highest BCUT2D eigenvalue weighted by Gasteiger charge is 2.36. The summed E-state index contributed by atoms with van der Waals surface area (Å²) in [6, 6.07) is 6.29. The Kier molecular flexibility index (Phi) is 5.08. The zero-order chi connectivity index (χ0) is 16.3. The van der Waals surface area contributed by atoms with Crippen LogP contribution in [0.2, 0.25) is 5.02 Å². The number of hydrogen-bond acceptors (Lipinski definition) is 3. The lowest BCUT2D eigenvalue weighted by molar-refractivity contribution is -0.136. The first-order valence-corrected chi connectivity index (χ1v) is 7.50. The van der Waals surface area contributed by atoms with Crippen LogP contribution in [0.5, 0.6) is 0 Å². The Morgan fingerprint density at radius 1 is 1.41 bits per heavy atom. The molecule has 118 valence electrons. The SMILES string of the molecule is CCCN1C(=O)N[C@@H](c2ccccc2Cl)C(C(=O)OC)=C1C. The average Bonchev–Trinajstić information content (AvgIpc) is 2.50. The molecule has 1 heterocycles. The number of ether oxygens (including phenoxy) is 1. The minimum absolute atomic E-state index is 0.239. The Morgan fingerprint density at radius 2 is 2.09 bits per heavy atom. The first-order valence-electron chi connectivity index (χ1n) is 7.12. The maximum absolute atomic E-state index is 12.3. The number of allylic oxidation sites excluding steroid dienone is 1. The number of rotatable bonds is 4. The molecule has 0 aromatic heterocycles. The molecule has 0 spiro atoms. The third-order valence-corrected chi connectivity index (χ3v) is 4.01. The van der Waals surface area contributed by atoms with Crippen LogP contribution in [-0.4, -0.2) is 30.6 Å². The van der Waals surface area contributed by atoms with Crippen molar-refractivity contribution >= 4 is 23.6 Å². The topological polar surface area (TPSA) is 58.6 Å². The normalized spacial score (nSPS) is 18.3. The van der Waals surface area contributed by atoms with Gasteiger partial charge in [-0.25, -0.2) is 9.59 Å². The Morgan fingerprint density at radius 3 is 2.68 bits per heavy atom. The van der Waals surface area contributed by atoms with E-state index in [0.717, 1.165) is 6.42 Å². The van der Waals surface area contributed by atoms with Crippen LogP contribution in [-0.2, 0) is 9.53 Å². The number of carbonyl (C=O) groups excluding carboxylic acids is 2. The zero-order valence-corrected chi connectivity index (χ0v) is 13.6. The minimum Gasteiger partial charge on any atom is -0.466 e. The highest BCUT2D eigenvalue weighted by molar-refractivity contribution is 6.31. The van der Waals surface area contributed by atoms with E-state index in [9.17, 15) is 9.59 Å². The van der Waals surface area contributed by atoms with Gasteiger partial charge in [-0.3, -0.25) is 4.90 Å². The van der Waals surface area contributed by atoms with Crippen molar-refractivity contribution in [3.05, 3.63) is 46.1 Å². The fourth-order valence-corrected chi connectivity index (χ4v) is 2.84. The monoisotopic (exact) mass is 322 g/mol. The fraction of sp³-hybridized carbons (Fsp3) is 0.375. The Labute approximate surface area is 134 Å². The van der Waals surface area contributed by atoms with Crippen LogP contribution in [0, 0.1) is 0 Å². The molecule has 1 aromatic carbocycles. The second kappa shape index (κ2) is 6.83. The summed E-state index contributed by atoms with van der Waals surface area (Å²) >= 11 is 6.22. The molecular formula is C16H19ClN2O3. The number of amides is 2. The van der Waals surface area contributed by atoms with E-state index in [1.54, 1.807) is 30.0 Å². The van der Waals surface area contributed by atoms with E-state index < -0.39 is 12.0 Å². The maximum Gasteiger partial charge on any atom is 0.337 e. The number of halogens is 1. The number of esters is 1. The van der Waals surface area contributed by atoms with Crippen LogP contribution in [0.15, 0.2) is 35.5 Å². The molecule has 22 heavy (non-hydrogen) atoms. The molecule has 0 aliphatic carbocycles. The Balaban J connectivity index is 2.56. The van der Waals surface area contributed by atoms with Crippen LogP contribution >= 0.6 is 11.6 Å². The Hall–Kier alpha value is -2.01. The summed E-state index contributed by atoms with van der Waals surface area (Å²) in [5.74, 6) is -0.469. The van der Waals surface area contributed by atoms with Crippen molar-refractivity contribution in [3.8, 4) is 0 Å². The van der Waals surface area contributed by atoms with E-state index in [-0.39, 0.29) is 6.03 Å². The summed E-state index contributed by atoms with van der Waals surface area (Å²) in [7, 11) is 1.33. The minimum atomic E-state index is -0.609. The number of benzene rings is 1. The lowest BCUT2D eigenvalue weighted by atomic mass is 9.95. The van der Waals surface area contributed by atoms with E-state index in [1.165, 1.54) is 7.11 Å². The summed E-state index contributed by atoms with van der Waals surface area (Å²) in [6.07, 6.45) is 0.788. The van der Waals surface area contributed by atoms with Crippen molar-refractivity contribution in [2.45, 2.75) is 26.3 Å². The van der Waals surface area contributed by atoms with E-state index in [1.807, 2.05) is 13.0 Å². The molecular weight excluding hydrogens is 304 g/mol. The van der Waals surface area contributed by atoms with Crippen LogP contribution in [0.25, 0.3) is 0 Å². The molecule has 1 aromatic rings. The second-order valence-corrected chi connectivity index (χ2v) is 5.45. The molecule has 6 heteroatoms. The average molecular weight is 323 g/mol. The number of nitrogens with one attached hydrogen (secondary N) is 1. The number of urea groups is 1. The number of hydrogen-bond donors (Lipinski definition) is 1. The van der Waals surface area contributed by atoms with Gasteiger partial charge in [-0.05, 0) is 25.0 Å². The van der Waals surface area contributed by atoms with Crippen molar-refractivity contribution in [2.24, 2.45) is 0 Å². The van der Waals surface area contributed by atoms with Gasteiger partial charge in [-0.1, -0.05) is 36.7 Å². The van der Waals surface area contributed by atoms with Crippen molar-refractivity contribution in [2.75, 3.05) is 13.7 Å². The van der Waals surface area contributed by atoms with Crippen molar-refractivity contribution in [3.63, 3.8) is 0 Å². The van der Waals surface area contributed by atoms with Gasteiger partial charge in [-0.2, -0.15) is 0 Å². The van der Waals surface area contributed by atoms with E-state index >= 15 is 0 Å². The van der Waals surface area contributed by atoms with Crippen molar-refractivity contribution in [1.82, 2.24) is 10.2 Å². The van der Waals surface area contributed by atoms with Gasteiger partial charge in [0.25, 0.3) is 0 Å². The van der Waals surface area contributed by atoms with Crippen molar-refractivity contribution in [1.29, 1.82) is 0 Å². The quantitative estimate of drug-likeness (QED) is 0.866. The molecule has 0 saturated carbocycles. The molecule has 0 unspecified atom stereocenters. The largest absolute Gasteiger partial charge is 0.466 e. The molecule has 1 aliphatic heterocycles. The third kappa shape index (κ3) is 2.95. The molecule has 2 rings (SSSR count). The van der Waals surface area contributed by atoms with Gasteiger partial charge < -0.3 is 10.1 Å². The zero-order valence-electron chi connectivity index (χ0n) is 12.9. The van der Waals surface area contributed by atoms with E-state index in [2.05, 4.69) is 5.32 Å². The number of nitrogens with zero attached hydrogens (tertiary/aromatic N) is 1. The van der Waals surface area contributed by atoms with E-state index in [0.29, 0.717) is 28.4 Å². The molecule has 5 nitrogen and oxygen atoms in total. The predicted molar refractivity (Wildman–Crippen MR) is 84.4 cm³/mol. The second-order valence-electron chi connectivity index (χ2n) is 5.05. The smallest absolute Gasteiger partial charge is 0.337 e. The number of carbonyl (C=O) groups is 2. The summed E-state index contributed by atoms with van der Waals surface area (Å²) < 4.78 is 4.90. The van der Waals surface area contributed by atoms with Gasteiger partial charge in [0.1, 0.15) is 0 Å². The highest BCUT2D eigenvalue weighted by Crippen LogP contribution is 2.34. The van der Waals surface area contributed by atoms with Gasteiger partial charge in [0.05, 0.1) is 18.7 Å². The Bertz CT molecular complexity index is 628. The van der Waals surface area contributed by atoms with Gasteiger partial charge in [-0.15, -0.1) is 0 Å². The lowest BCUT2D eigenvalue weighted by Crippen LogP contribution is -2.48. The van der Waals surface area contributed by atoms with Crippen LogP contribution in [0.3, 0.4) is 0 Å². The first kappa shape index (κ1) is 16.4. The predicted octanol–water partition coefficient (Wildman–Crippen LogP) is 3.26. The summed E-state index contributed by atoms with van der Waals surface area (Å²) in [5, 5.41) is 3.34. The molecule has 1 aliphatic rings. The molecule has 0 fully saturated rings. The van der Waals surface area contributed by atoms with Gasteiger partial charge >= 0.3 is 12.0 Å². The van der Waals surface area contributed by atoms with Crippen LogP contribution in [0.4, 0.5) is 4.79 Å². The van der Waals surface area contributed by atoms with Crippen molar-refractivity contribution < 1.29 is 14.3 Å². The third-order valence-electron chi connectivity index (χ3n) is 3.67. The molecule has 0 radical (unpaired) electrons. The van der Waals surface area contributed by atoms with Crippen LogP contribution < -0.4 is 5.32 Å². The lowest BCUT2D eigenvalue weighted by Gasteiger charge is -2.35. The van der Waals surface area contributed by atoms with Gasteiger partial charge in [0.2, 0.25) is 0 Å². The summed E-state index contributed by atoms with van der Waals surface area (Å²) in [5.41, 5.74) is 1.68. The van der Waals surface area contributed by atoms with Crippen LogP contribution in [0.1, 0.15) is 31.9 Å². The van der Waals surface area contributed by atoms with Gasteiger partial charge in [0.15, 0.2) is 0 Å². The first-order chi connectivity index (χ1) is 10.5. The molecule has 1 atom stereocenters. The standard InChI is InChI=1S/C16H19ClN2O3/c1-4-9-19-10(2)13(15(20)22-3)14(18-16(19)21)11-7-5-6-8-12(11)17/h5-8,14H,4,9H2,1-3H3,(H,18,21)/t14-/m0/s1. The highest BCUT2D eigenvalue weighted by atomic mass is 35.5. The molecule has 0 bridgehead atoms. The maximum atomic E-state index is 12.3. The van der Waals surface area contributed by atoms with E-state index in [4.69, 9.17) is 16.3 Å².